The molecule has 0 spiro atoms. The first-order valence-corrected chi connectivity index (χ1v) is 6.69. The fourth-order valence-electron chi connectivity index (χ4n) is 1.27. The molecule has 16 heavy (non-hydrogen) atoms. The highest BCUT2D eigenvalue weighted by molar-refractivity contribution is 7.86. The van der Waals surface area contributed by atoms with Gasteiger partial charge < -0.3 is 10.0 Å². The smallest absolute Gasteiger partial charge is 0.304 e. The zero-order chi connectivity index (χ0) is 12.7. The lowest BCUT2D eigenvalue weighted by Crippen LogP contribution is -2.40. The van der Waals surface area contributed by atoms with Gasteiger partial charge in [0.2, 0.25) is 5.91 Å². The van der Waals surface area contributed by atoms with E-state index in [1.54, 1.807) is 11.8 Å². The van der Waals surface area contributed by atoms with E-state index >= 15 is 0 Å². The topological polar surface area (TPSA) is 74.7 Å². The van der Waals surface area contributed by atoms with E-state index in [4.69, 9.17) is 5.11 Å². The number of nitrogens with zero attached hydrogens (tertiary/aromatic N) is 1. The van der Waals surface area contributed by atoms with E-state index in [2.05, 4.69) is 0 Å². The molecule has 1 N–H and O–H groups in total. The van der Waals surface area contributed by atoms with E-state index < -0.39 is 22.0 Å². The van der Waals surface area contributed by atoms with E-state index in [1.165, 1.54) is 0 Å². The average Bonchev–Trinajstić information content (AvgIpc) is 2.26. The number of aliphatic carboxylic acids is 1. The number of rotatable bonds is 7. The summed E-state index contributed by atoms with van der Waals surface area (Å²) in [5, 5.41) is 7.83. The van der Waals surface area contributed by atoms with Crippen molar-refractivity contribution in [2.75, 3.05) is 18.8 Å². The minimum Gasteiger partial charge on any atom is -0.481 e. The van der Waals surface area contributed by atoms with Crippen molar-refractivity contribution in [3.63, 3.8) is 0 Å². The highest BCUT2D eigenvalue weighted by atomic mass is 32.2. The molecular weight excluding hydrogens is 230 g/mol. The zero-order valence-corrected chi connectivity index (χ0v) is 10.7. The lowest BCUT2D eigenvalue weighted by atomic mass is 10.4. The molecule has 2 atom stereocenters. The molecule has 0 aliphatic heterocycles. The van der Waals surface area contributed by atoms with Crippen LogP contribution in [0.3, 0.4) is 0 Å². The number of carboxylic acid groups (broad SMARTS) is 1. The third-order valence-corrected chi connectivity index (χ3v) is 3.93. The molecule has 5 nitrogen and oxygen atoms in total. The van der Waals surface area contributed by atoms with Crippen LogP contribution in [-0.4, -0.2) is 50.2 Å². The van der Waals surface area contributed by atoms with Gasteiger partial charge in [-0.05, 0) is 20.8 Å². The summed E-state index contributed by atoms with van der Waals surface area (Å²) < 4.78 is 11.6. The Bertz CT molecular complexity index is 276. The molecule has 6 heteroatoms. The predicted molar refractivity (Wildman–Crippen MR) is 62.7 cm³/mol. The fraction of sp³-hybridized carbons (Fsp3) is 0.800. The van der Waals surface area contributed by atoms with Crippen molar-refractivity contribution in [3.05, 3.63) is 0 Å². The molecule has 0 aliphatic rings. The summed E-state index contributed by atoms with van der Waals surface area (Å²) in [4.78, 5) is 23.7. The summed E-state index contributed by atoms with van der Waals surface area (Å²) in [6.45, 7) is 6.45. The fourth-order valence-corrected chi connectivity index (χ4v) is 2.37. The van der Waals surface area contributed by atoms with Crippen LogP contribution in [0.4, 0.5) is 0 Å². The van der Waals surface area contributed by atoms with Crippen molar-refractivity contribution in [1.29, 1.82) is 0 Å². The van der Waals surface area contributed by atoms with Crippen molar-refractivity contribution in [2.24, 2.45) is 0 Å². The highest BCUT2D eigenvalue weighted by Gasteiger charge is 2.23. The standard InChI is InChI=1S/C10H19NO4S/c1-4-11(5-2)10(14)8(3)16(15)7-6-9(12)13/h8H,4-7H2,1-3H3,(H,12,13). The molecule has 0 aromatic heterocycles. The maximum atomic E-state index is 11.8. The summed E-state index contributed by atoms with van der Waals surface area (Å²) >= 11 is 0. The van der Waals surface area contributed by atoms with Crippen LogP contribution in [0.1, 0.15) is 27.2 Å². The molecule has 0 saturated carbocycles. The van der Waals surface area contributed by atoms with Gasteiger partial charge in [0.15, 0.2) is 0 Å². The van der Waals surface area contributed by atoms with Crippen molar-refractivity contribution >= 4 is 22.7 Å². The maximum Gasteiger partial charge on any atom is 0.304 e. The van der Waals surface area contributed by atoms with Crippen LogP contribution < -0.4 is 0 Å². The number of hydrogen-bond donors (Lipinski definition) is 1. The number of hydrogen-bond acceptors (Lipinski definition) is 3. The summed E-state index contributed by atoms with van der Waals surface area (Å²) in [7, 11) is -1.41. The lowest BCUT2D eigenvalue weighted by Gasteiger charge is -2.22. The molecule has 0 saturated heterocycles. The molecule has 0 aromatic carbocycles. The van der Waals surface area contributed by atoms with E-state index in [1.807, 2.05) is 13.8 Å². The van der Waals surface area contributed by atoms with Crippen LogP contribution in [0.15, 0.2) is 0 Å². The van der Waals surface area contributed by atoms with Gasteiger partial charge in [-0.25, -0.2) is 0 Å². The number of amides is 1. The van der Waals surface area contributed by atoms with Crippen LogP contribution in [0.25, 0.3) is 0 Å². The summed E-state index contributed by atoms with van der Waals surface area (Å²) in [5.74, 6) is -1.13. The number of carboxylic acids is 1. The van der Waals surface area contributed by atoms with Crippen molar-refractivity contribution in [3.8, 4) is 0 Å². The maximum absolute atomic E-state index is 11.8. The Morgan fingerprint density at radius 2 is 1.81 bits per heavy atom. The Kier molecular flexibility index (Phi) is 6.96. The molecule has 0 aromatic rings. The molecule has 2 unspecified atom stereocenters. The molecular formula is C10H19NO4S. The minimum absolute atomic E-state index is 0.0313. The largest absolute Gasteiger partial charge is 0.481 e. The van der Waals surface area contributed by atoms with Gasteiger partial charge in [0.25, 0.3) is 0 Å². The summed E-state index contributed by atoms with van der Waals surface area (Å²) in [6.07, 6.45) is -0.164. The third-order valence-electron chi connectivity index (χ3n) is 2.33. The second kappa shape index (κ2) is 7.38. The first-order valence-electron chi connectivity index (χ1n) is 5.31. The molecule has 0 radical (unpaired) electrons. The Morgan fingerprint density at radius 3 is 2.19 bits per heavy atom. The summed E-state index contributed by atoms with van der Waals surface area (Å²) in [5.41, 5.74) is 0. The third kappa shape index (κ3) is 4.74. The van der Waals surface area contributed by atoms with E-state index in [0.717, 1.165) is 0 Å². The molecule has 0 fully saturated rings. The first kappa shape index (κ1) is 15.1. The van der Waals surface area contributed by atoms with Crippen LogP contribution in [0.5, 0.6) is 0 Å². The molecule has 94 valence electrons. The van der Waals surface area contributed by atoms with Gasteiger partial charge >= 0.3 is 5.97 Å². The van der Waals surface area contributed by atoms with Crippen LogP contribution in [0.2, 0.25) is 0 Å². The Labute approximate surface area is 98.3 Å². The van der Waals surface area contributed by atoms with Gasteiger partial charge in [0.1, 0.15) is 5.25 Å². The normalized spacial score (nSPS) is 14.2. The Balaban J connectivity index is 4.31. The van der Waals surface area contributed by atoms with Gasteiger partial charge in [-0.3, -0.25) is 13.8 Å². The quantitative estimate of drug-likeness (QED) is 0.711. The second-order valence-corrected chi connectivity index (χ2v) is 5.26. The van der Waals surface area contributed by atoms with Crippen molar-refractivity contribution in [2.45, 2.75) is 32.4 Å². The Morgan fingerprint density at radius 1 is 1.31 bits per heavy atom. The molecule has 0 bridgehead atoms. The first-order chi connectivity index (χ1) is 7.43. The van der Waals surface area contributed by atoms with Gasteiger partial charge in [-0.2, -0.15) is 0 Å². The highest BCUT2D eigenvalue weighted by Crippen LogP contribution is 2.04. The van der Waals surface area contributed by atoms with Crippen molar-refractivity contribution < 1.29 is 18.9 Å². The SMILES string of the molecule is CCN(CC)C(=O)C(C)S(=O)CCC(=O)O. The minimum atomic E-state index is -1.41. The predicted octanol–water partition coefficient (Wildman–Crippen LogP) is 0.467. The van der Waals surface area contributed by atoms with Crippen LogP contribution in [0, 0.1) is 0 Å². The molecule has 0 aliphatic carbocycles. The molecule has 1 amide bonds. The van der Waals surface area contributed by atoms with Gasteiger partial charge in [0.05, 0.1) is 6.42 Å². The second-order valence-electron chi connectivity index (χ2n) is 3.38. The summed E-state index contributed by atoms with van der Waals surface area (Å²) in [6, 6.07) is 0. The zero-order valence-electron chi connectivity index (χ0n) is 9.93. The Hall–Kier alpha value is -0.910. The lowest BCUT2D eigenvalue weighted by molar-refractivity contribution is -0.136. The van der Waals surface area contributed by atoms with Gasteiger partial charge in [-0.15, -0.1) is 0 Å². The van der Waals surface area contributed by atoms with Gasteiger partial charge in [-0.1, -0.05) is 0 Å². The van der Waals surface area contributed by atoms with Crippen LogP contribution in [-0.2, 0) is 20.4 Å². The van der Waals surface area contributed by atoms with Gasteiger partial charge in [0, 0.05) is 29.6 Å². The van der Waals surface area contributed by atoms with Crippen LogP contribution >= 0.6 is 0 Å². The monoisotopic (exact) mass is 249 g/mol. The molecule has 0 rings (SSSR count). The van der Waals surface area contributed by atoms with E-state index in [0.29, 0.717) is 13.1 Å². The molecule has 0 heterocycles. The number of carbonyl (C=O) groups excluding carboxylic acids is 1. The van der Waals surface area contributed by atoms with Crippen molar-refractivity contribution in [1.82, 2.24) is 4.90 Å². The van der Waals surface area contributed by atoms with E-state index in [-0.39, 0.29) is 18.1 Å². The van der Waals surface area contributed by atoms with E-state index in [9.17, 15) is 13.8 Å². The number of carbonyl (C=O) groups is 2. The average molecular weight is 249 g/mol.